The van der Waals surface area contributed by atoms with Crippen LogP contribution in [0.2, 0.25) is 19.1 Å². The third-order valence-electron chi connectivity index (χ3n) is 3.08. The molecule has 0 aliphatic carbocycles. The van der Waals surface area contributed by atoms with Crippen molar-refractivity contribution in [2.45, 2.75) is 25.6 Å². The number of rotatable bonds is 8. The molecule has 0 radical (unpaired) electrons. The zero-order valence-electron chi connectivity index (χ0n) is 11.6. The zero-order valence-corrected chi connectivity index (χ0v) is 18.0. The van der Waals surface area contributed by atoms with Crippen LogP contribution in [0.15, 0.2) is 30.3 Å². The first-order valence-corrected chi connectivity index (χ1v) is 15.7. The van der Waals surface area contributed by atoms with Crippen molar-refractivity contribution in [3.63, 3.8) is 0 Å². The zero-order chi connectivity index (χ0) is 13.4. The second kappa shape index (κ2) is 8.51. The molecule has 7 heteroatoms. The van der Waals surface area contributed by atoms with Gasteiger partial charge >= 0.3 is 0 Å². The summed E-state index contributed by atoms with van der Waals surface area (Å²) < 4.78 is 12.3. The van der Waals surface area contributed by atoms with Crippen LogP contribution in [0, 0.1) is 0 Å². The fourth-order valence-electron chi connectivity index (χ4n) is 1.99. The van der Waals surface area contributed by atoms with Gasteiger partial charge in [0, 0.05) is 0 Å². The van der Waals surface area contributed by atoms with Gasteiger partial charge in [-0.05, 0) is 36.5 Å². The Kier molecular flexibility index (Phi) is 7.76. The molecule has 0 aromatic heterocycles. The number of benzene rings is 1. The largest absolute Gasteiger partial charge is 0.462 e. The van der Waals surface area contributed by atoms with Crippen molar-refractivity contribution in [2.75, 3.05) is 5.75 Å². The molecule has 0 aliphatic heterocycles. The third kappa shape index (κ3) is 4.80. The SMILES string of the molecule is C[SiH](C)O[SiH2][Si](CCCS)(O[SiH3])c1ccccc1. The van der Waals surface area contributed by atoms with Gasteiger partial charge in [0.05, 0.1) is 0 Å². The fraction of sp³-hybridized carbons (Fsp3) is 0.455. The maximum Gasteiger partial charge on any atom is 0.220 e. The van der Waals surface area contributed by atoms with E-state index in [0.29, 0.717) is 0 Å². The minimum Gasteiger partial charge on any atom is -0.462 e. The van der Waals surface area contributed by atoms with E-state index in [9.17, 15) is 0 Å². The third-order valence-corrected chi connectivity index (χ3v) is 20.7. The summed E-state index contributed by atoms with van der Waals surface area (Å²) >= 11 is 4.35. The summed E-state index contributed by atoms with van der Waals surface area (Å²) in [7, 11) is -2.45. The second-order valence-corrected chi connectivity index (χ2v) is 17.9. The van der Waals surface area contributed by atoms with E-state index in [-0.39, 0.29) is 0 Å². The normalized spacial score (nSPS) is 15.6. The second-order valence-electron chi connectivity index (χ2n) is 4.75. The number of hydrogen-bond acceptors (Lipinski definition) is 3. The average molecular weight is 333 g/mol. The lowest BCUT2D eigenvalue weighted by Gasteiger charge is -2.31. The quantitative estimate of drug-likeness (QED) is 0.535. The summed E-state index contributed by atoms with van der Waals surface area (Å²) in [5.41, 5.74) is 0. The van der Waals surface area contributed by atoms with Crippen LogP contribution < -0.4 is 5.19 Å². The van der Waals surface area contributed by atoms with E-state index in [1.54, 1.807) is 0 Å². The van der Waals surface area contributed by atoms with E-state index >= 15 is 0 Å². The van der Waals surface area contributed by atoms with Crippen LogP contribution in [-0.4, -0.2) is 42.4 Å². The van der Waals surface area contributed by atoms with Crippen LogP contribution in [-0.2, 0) is 8.23 Å². The standard InChI is InChI=1S/C11H24O2SSi4/c1-17(2)13-16-18(12-15,10-6-9-14)11-7-4-3-5-8-11/h3-5,7-8,14,17H,6,9-10,16H2,1-2,15H3. The summed E-state index contributed by atoms with van der Waals surface area (Å²) in [5.74, 6) is 0.944. The van der Waals surface area contributed by atoms with Crippen molar-refractivity contribution in [3.05, 3.63) is 30.3 Å². The van der Waals surface area contributed by atoms with E-state index in [4.69, 9.17) is 8.23 Å². The molecule has 18 heavy (non-hydrogen) atoms. The lowest BCUT2D eigenvalue weighted by Crippen LogP contribution is -2.57. The Hall–Kier alpha value is 0.358. The van der Waals surface area contributed by atoms with E-state index in [0.717, 1.165) is 22.7 Å². The molecule has 0 heterocycles. The molecule has 1 aromatic rings. The predicted molar refractivity (Wildman–Crippen MR) is 94.6 cm³/mol. The van der Waals surface area contributed by atoms with Crippen LogP contribution in [0.1, 0.15) is 6.42 Å². The minimum absolute atomic E-state index is 0.568. The summed E-state index contributed by atoms with van der Waals surface area (Å²) in [6.45, 7) is 4.51. The van der Waals surface area contributed by atoms with Crippen molar-refractivity contribution in [2.24, 2.45) is 0 Å². The van der Waals surface area contributed by atoms with Gasteiger partial charge in [0.15, 0.2) is 18.3 Å². The highest BCUT2D eigenvalue weighted by molar-refractivity contribution is 7.80. The van der Waals surface area contributed by atoms with Crippen molar-refractivity contribution in [3.8, 4) is 0 Å². The molecule has 102 valence electrons. The van der Waals surface area contributed by atoms with Crippen molar-refractivity contribution < 1.29 is 8.23 Å². The molecule has 1 unspecified atom stereocenters. The molecule has 0 aliphatic rings. The van der Waals surface area contributed by atoms with Crippen molar-refractivity contribution in [1.29, 1.82) is 0 Å². The van der Waals surface area contributed by atoms with Gasteiger partial charge < -0.3 is 8.23 Å². The highest BCUT2D eigenvalue weighted by atomic mass is 32.1. The first kappa shape index (κ1) is 16.4. The average Bonchev–Trinajstić information content (AvgIpc) is 2.40. The molecule has 1 atom stereocenters. The minimum atomic E-state index is -1.77. The first-order valence-electron chi connectivity index (χ1n) is 6.48. The van der Waals surface area contributed by atoms with Crippen molar-refractivity contribution in [1.82, 2.24) is 0 Å². The molecule has 0 bridgehead atoms. The van der Waals surface area contributed by atoms with Gasteiger partial charge in [-0.2, -0.15) is 12.6 Å². The van der Waals surface area contributed by atoms with Crippen molar-refractivity contribution >= 4 is 54.5 Å². The molecule has 0 N–H and O–H groups in total. The summed E-state index contributed by atoms with van der Waals surface area (Å²) in [5, 5.41) is 1.43. The molecule has 0 amide bonds. The van der Waals surface area contributed by atoms with Gasteiger partial charge in [-0.15, -0.1) is 0 Å². The maximum absolute atomic E-state index is 6.18. The van der Waals surface area contributed by atoms with Gasteiger partial charge in [0.1, 0.15) is 10.5 Å². The molecule has 1 aromatic carbocycles. The maximum atomic E-state index is 6.18. The van der Waals surface area contributed by atoms with Gasteiger partial charge in [0.25, 0.3) is 0 Å². The topological polar surface area (TPSA) is 18.5 Å². The van der Waals surface area contributed by atoms with Crippen LogP contribution in [0.4, 0.5) is 0 Å². The first-order chi connectivity index (χ1) is 8.64. The smallest absolute Gasteiger partial charge is 0.220 e. The molecule has 0 fully saturated rings. The van der Waals surface area contributed by atoms with E-state index in [1.807, 2.05) is 0 Å². The highest BCUT2D eigenvalue weighted by Crippen LogP contribution is 2.14. The highest BCUT2D eigenvalue weighted by Gasteiger charge is 2.36. The van der Waals surface area contributed by atoms with Gasteiger partial charge in [0.2, 0.25) is 7.83 Å². The van der Waals surface area contributed by atoms with Crippen LogP contribution >= 0.6 is 12.6 Å². The predicted octanol–water partition coefficient (Wildman–Crippen LogP) is 0.0365. The summed E-state index contributed by atoms with van der Waals surface area (Å²) in [6.07, 6.45) is 1.14. The Morgan fingerprint density at radius 2 is 2.00 bits per heavy atom. The molecular weight excluding hydrogens is 309 g/mol. The Balaban J connectivity index is 2.90. The number of hydrogen-bond donors (Lipinski definition) is 1. The van der Waals surface area contributed by atoms with Crippen LogP contribution in [0.5, 0.6) is 0 Å². The Labute approximate surface area is 124 Å². The van der Waals surface area contributed by atoms with E-state index in [1.165, 1.54) is 11.2 Å². The fourth-order valence-corrected chi connectivity index (χ4v) is 18.1. The molecule has 2 nitrogen and oxygen atoms in total. The van der Waals surface area contributed by atoms with Crippen LogP contribution in [0.3, 0.4) is 0 Å². The lowest BCUT2D eigenvalue weighted by atomic mass is 10.4. The molecular formula is C11H24O2SSi4. The molecule has 0 saturated carbocycles. The monoisotopic (exact) mass is 332 g/mol. The lowest BCUT2D eigenvalue weighted by molar-refractivity contribution is 0.590. The van der Waals surface area contributed by atoms with E-state index < -0.39 is 26.2 Å². The van der Waals surface area contributed by atoms with Crippen LogP contribution in [0.25, 0.3) is 0 Å². The van der Waals surface area contributed by atoms with Gasteiger partial charge in [-0.25, -0.2) is 0 Å². The Morgan fingerprint density at radius 3 is 2.50 bits per heavy atom. The van der Waals surface area contributed by atoms with Gasteiger partial charge in [-0.1, -0.05) is 30.3 Å². The summed E-state index contributed by atoms with van der Waals surface area (Å²) in [4.78, 5) is 0. The number of thiol groups is 1. The van der Waals surface area contributed by atoms with E-state index in [2.05, 4.69) is 56.1 Å². The molecule has 1 rings (SSSR count). The molecule has 0 spiro atoms. The summed E-state index contributed by atoms with van der Waals surface area (Å²) in [6, 6.07) is 12.0. The Morgan fingerprint density at radius 1 is 1.33 bits per heavy atom. The Bertz CT molecular complexity index is 339. The van der Waals surface area contributed by atoms with Gasteiger partial charge in [-0.3, -0.25) is 0 Å². The molecule has 0 saturated heterocycles.